The molecule has 0 aliphatic heterocycles. The van der Waals surface area contributed by atoms with Gasteiger partial charge in [0.2, 0.25) is 5.91 Å². The van der Waals surface area contributed by atoms with E-state index >= 15 is 0 Å². The molecule has 0 heterocycles. The molecule has 0 unspecified atom stereocenters. The van der Waals surface area contributed by atoms with Crippen LogP contribution in [-0.2, 0) is 14.3 Å². The fourth-order valence-corrected chi connectivity index (χ4v) is 0.536. The maximum absolute atomic E-state index is 10.9. The van der Waals surface area contributed by atoms with Crippen molar-refractivity contribution < 1.29 is 14.3 Å². The van der Waals surface area contributed by atoms with Gasteiger partial charge in [-0.2, -0.15) is 12.6 Å². The fourth-order valence-electron chi connectivity index (χ4n) is 0.457. The lowest BCUT2D eigenvalue weighted by atomic mass is 10.5. The van der Waals surface area contributed by atoms with Crippen LogP contribution in [-0.4, -0.2) is 30.3 Å². The van der Waals surface area contributed by atoms with E-state index in [0.29, 0.717) is 0 Å². The van der Waals surface area contributed by atoms with E-state index in [1.54, 1.807) is 0 Å². The van der Waals surface area contributed by atoms with Gasteiger partial charge in [0.05, 0.1) is 11.9 Å². The Morgan fingerprint density at radius 3 is 2.31 bits per heavy atom. The molecule has 0 aliphatic carbocycles. The molecule has 0 spiro atoms. The number of carbonyl (C=O) groups is 2. The third-order valence-electron chi connectivity index (χ3n) is 1.03. The molecule has 0 radical (unpaired) electrons. The van der Waals surface area contributed by atoms with Gasteiger partial charge in [-0.05, 0) is 13.8 Å². The number of hydrazine groups is 1. The molecule has 0 aromatic carbocycles. The van der Waals surface area contributed by atoms with Crippen LogP contribution in [0.3, 0.4) is 0 Å². The lowest BCUT2D eigenvalue weighted by Crippen LogP contribution is -2.44. The van der Waals surface area contributed by atoms with Crippen molar-refractivity contribution in [2.45, 2.75) is 20.0 Å². The zero-order valence-corrected chi connectivity index (χ0v) is 8.56. The highest BCUT2D eigenvalue weighted by molar-refractivity contribution is 7.81. The molecule has 0 rings (SSSR count). The molecule has 0 fully saturated rings. The standard InChI is InChI=1S/C7H14N2O3S/c1-5(2)12-3-6(10)8-9-7(11)4-13/h5,13H,3-4H2,1-2H3,(H,8,10)(H,9,11). The molecule has 2 N–H and O–H groups in total. The fraction of sp³-hybridized carbons (Fsp3) is 0.714. The summed E-state index contributed by atoms with van der Waals surface area (Å²) in [6, 6.07) is 0. The van der Waals surface area contributed by atoms with Crippen LogP contribution >= 0.6 is 12.6 Å². The van der Waals surface area contributed by atoms with E-state index in [1.807, 2.05) is 13.8 Å². The van der Waals surface area contributed by atoms with E-state index < -0.39 is 0 Å². The second-order valence-corrected chi connectivity index (χ2v) is 2.93. The summed E-state index contributed by atoms with van der Waals surface area (Å²) in [4.78, 5) is 21.5. The highest BCUT2D eigenvalue weighted by atomic mass is 32.1. The number of amides is 2. The Morgan fingerprint density at radius 1 is 1.31 bits per heavy atom. The molecule has 2 amide bonds. The molecule has 5 nitrogen and oxygen atoms in total. The van der Waals surface area contributed by atoms with Crippen LogP contribution in [0.15, 0.2) is 0 Å². The summed E-state index contributed by atoms with van der Waals surface area (Å²) in [7, 11) is 0. The number of thiol groups is 1. The minimum atomic E-state index is -0.385. The molecule has 13 heavy (non-hydrogen) atoms. The first kappa shape index (κ1) is 12.2. The molecule has 6 heteroatoms. The lowest BCUT2D eigenvalue weighted by Gasteiger charge is -2.08. The largest absolute Gasteiger partial charge is 0.369 e. The van der Waals surface area contributed by atoms with Crippen LogP contribution in [0.4, 0.5) is 0 Å². The maximum atomic E-state index is 10.9. The minimum absolute atomic E-state index is 0.00803. The van der Waals surface area contributed by atoms with Gasteiger partial charge in [0, 0.05) is 0 Å². The molecule has 0 saturated carbocycles. The van der Waals surface area contributed by atoms with Crippen LogP contribution in [0.5, 0.6) is 0 Å². The van der Waals surface area contributed by atoms with Gasteiger partial charge in [-0.1, -0.05) is 0 Å². The summed E-state index contributed by atoms with van der Waals surface area (Å²) in [6.07, 6.45) is -0.00803. The van der Waals surface area contributed by atoms with Crippen molar-refractivity contribution in [2.24, 2.45) is 0 Å². The Hall–Kier alpha value is -0.750. The Kier molecular flexibility index (Phi) is 6.34. The number of hydrogen-bond acceptors (Lipinski definition) is 4. The smallest absolute Gasteiger partial charge is 0.264 e. The number of rotatable bonds is 4. The second-order valence-electron chi connectivity index (χ2n) is 2.61. The Balaban J connectivity index is 3.46. The van der Waals surface area contributed by atoms with Crippen molar-refractivity contribution in [3.63, 3.8) is 0 Å². The molecule has 0 aromatic rings. The molecular weight excluding hydrogens is 192 g/mol. The van der Waals surface area contributed by atoms with Crippen molar-refractivity contribution in [2.75, 3.05) is 12.4 Å². The summed E-state index contributed by atoms with van der Waals surface area (Å²) >= 11 is 3.71. The first-order chi connectivity index (χ1) is 6.06. The average Bonchev–Trinajstić information content (AvgIpc) is 2.10. The Bertz CT molecular complexity index is 185. The maximum Gasteiger partial charge on any atom is 0.264 e. The van der Waals surface area contributed by atoms with Crippen LogP contribution in [0.1, 0.15) is 13.8 Å². The molecule has 0 bridgehead atoms. The highest BCUT2D eigenvalue weighted by Gasteiger charge is 2.03. The molecule has 0 atom stereocenters. The van der Waals surface area contributed by atoms with Gasteiger partial charge < -0.3 is 4.74 Å². The van der Waals surface area contributed by atoms with Crippen LogP contribution in [0, 0.1) is 0 Å². The van der Waals surface area contributed by atoms with Gasteiger partial charge in [0.15, 0.2) is 0 Å². The Morgan fingerprint density at radius 2 is 1.85 bits per heavy atom. The number of ether oxygens (including phenoxy) is 1. The second kappa shape index (κ2) is 6.73. The zero-order chi connectivity index (χ0) is 10.3. The molecule has 0 aliphatic rings. The van der Waals surface area contributed by atoms with E-state index in [2.05, 4.69) is 23.5 Å². The summed E-state index contributed by atoms with van der Waals surface area (Å²) in [6.45, 7) is 3.57. The monoisotopic (exact) mass is 206 g/mol. The van der Waals surface area contributed by atoms with Gasteiger partial charge >= 0.3 is 0 Å². The van der Waals surface area contributed by atoms with Gasteiger partial charge in [0.1, 0.15) is 6.61 Å². The quantitative estimate of drug-likeness (QED) is 0.428. The van der Waals surface area contributed by atoms with Crippen molar-refractivity contribution in [3.05, 3.63) is 0 Å². The molecule has 0 saturated heterocycles. The number of nitrogens with one attached hydrogen (secondary N) is 2. The van der Waals surface area contributed by atoms with Crippen molar-refractivity contribution in [1.82, 2.24) is 10.9 Å². The summed E-state index contributed by atoms with van der Waals surface area (Å²) < 4.78 is 4.99. The van der Waals surface area contributed by atoms with Crippen LogP contribution in [0.25, 0.3) is 0 Å². The van der Waals surface area contributed by atoms with Crippen molar-refractivity contribution in [3.8, 4) is 0 Å². The Labute approximate surface area is 82.6 Å². The predicted octanol–water partition coefficient (Wildman–Crippen LogP) is -0.511. The number of hydrogen-bond donors (Lipinski definition) is 3. The summed E-state index contributed by atoms with van der Waals surface area (Å²) in [5.41, 5.74) is 4.34. The third kappa shape index (κ3) is 7.61. The first-order valence-electron chi connectivity index (χ1n) is 3.86. The molecule has 0 aromatic heterocycles. The van der Waals surface area contributed by atoms with E-state index in [4.69, 9.17) is 4.74 Å². The molecule has 76 valence electrons. The zero-order valence-electron chi connectivity index (χ0n) is 7.66. The third-order valence-corrected chi connectivity index (χ3v) is 1.32. The normalized spacial score (nSPS) is 9.85. The summed E-state index contributed by atoms with van der Waals surface area (Å²) in [5, 5.41) is 0. The van der Waals surface area contributed by atoms with Crippen molar-refractivity contribution >= 4 is 24.4 Å². The molecular formula is C7H14N2O3S. The van der Waals surface area contributed by atoms with Gasteiger partial charge in [0.25, 0.3) is 5.91 Å². The lowest BCUT2D eigenvalue weighted by molar-refractivity contribution is -0.131. The van der Waals surface area contributed by atoms with Crippen molar-refractivity contribution in [1.29, 1.82) is 0 Å². The first-order valence-corrected chi connectivity index (χ1v) is 4.49. The van der Waals surface area contributed by atoms with E-state index in [0.717, 1.165) is 0 Å². The van der Waals surface area contributed by atoms with Gasteiger partial charge in [-0.25, -0.2) is 0 Å². The topological polar surface area (TPSA) is 67.4 Å². The van der Waals surface area contributed by atoms with E-state index in [9.17, 15) is 9.59 Å². The van der Waals surface area contributed by atoms with E-state index in [-0.39, 0.29) is 30.3 Å². The predicted molar refractivity (Wildman–Crippen MR) is 51.2 cm³/mol. The van der Waals surface area contributed by atoms with Gasteiger partial charge in [-0.15, -0.1) is 0 Å². The average molecular weight is 206 g/mol. The highest BCUT2D eigenvalue weighted by Crippen LogP contribution is 1.85. The van der Waals surface area contributed by atoms with Crippen LogP contribution in [0.2, 0.25) is 0 Å². The minimum Gasteiger partial charge on any atom is -0.369 e. The van der Waals surface area contributed by atoms with E-state index in [1.165, 1.54) is 0 Å². The number of carbonyl (C=O) groups excluding carboxylic acids is 2. The summed E-state index contributed by atoms with van der Waals surface area (Å²) in [5.74, 6) is -0.712. The van der Waals surface area contributed by atoms with Gasteiger partial charge in [-0.3, -0.25) is 20.4 Å². The van der Waals surface area contributed by atoms with Crippen LogP contribution < -0.4 is 10.9 Å². The SMILES string of the molecule is CC(C)OCC(=O)NNC(=O)CS.